The summed E-state index contributed by atoms with van der Waals surface area (Å²) in [6, 6.07) is 14.1. The number of halogens is 1. The highest BCUT2D eigenvalue weighted by molar-refractivity contribution is 9.10. The first-order valence-corrected chi connectivity index (χ1v) is 7.05. The third-order valence-electron chi connectivity index (χ3n) is 3.01. The van der Waals surface area contributed by atoms with Gasteiger partial charge >= 0.3 is 0 Å². The molecule has 2 N–H and O–H groups in total. The Balaban J connectivity index is 1.92. The first kappa shape index (κ1) is 13.1. The molecule has 0 aliphatic carbocycles. The lowest BCUT2D eigenvalue weighted by Gasteiger charge is -2.08. The maximum absolute atomic E-state index is 5.83. The summed E-state index contributed by atoms with van der Waals surface area (Å²) in [5.74, 6) is 1.49. The van der Waals surface area contributed by atoms with E-state index in [1.54, 1.807) is 12.4 Å². The fraction of sp³-hybridized carbons (Fsp3) is 0.0625. The molecule has 0 spiro atoms. The van der Waals surface area contributed by atoms with Crippen LogP contribution < -0.4 is 10.5 Å². The van der Waals surface area contributed by atoms with Gasteiger partial charge in [0.05, 0.1) is 6.20 Å². The lowest BCUT2D eigenvalue weighted by Crippen LogP contribution is -1.97. The van der Waals surface area contributed by atoms with E-state index >= 15 is 0 Å². The van der Waals surface area contributed by atoms with E-state index in [0.717, 1.165) is 21.2 Å². The van der Waals surface area contributed by atoms with E-state index in [0.29, 0.717) is 12.3 Å². The number of pyridine rings is 1. The molecular weight excluding hydrogens is 316 g/mol. The summed E-state index contributed by atoms with van der Waals surface area (Å²) in [5, 5.41) is 2.30. The predicted molar refractivity (Wildman–Crippen MR) is 83.9 cm³/mol. The zero-order valence-corrected chi connectivity index (χ0v) is 12.3. The van der Waals surface area contributed by atoms with Gasteiger partial charge in [0.1, 0.15) is 11.5 Å². The largest absolute Gasteiger partial charge is 0.456 e. The van der Waals surface area contributed by atoms with Crippen LogP contribution in [0.4, 0.5) is 0 Å². The molecule has 0 fully saturated rings. The molecule has 1 aromatic heterocycles. The van der Waals surface area contributed by atoms with Gasteiger partial charge in [-0.25, -0.2) is 0 Å². The van der Waals surface area contributed by atoms with E-state index in [9.17, 15) is 0 Å². The van der Waals surface area contributed by atoms with Crippen molar-refractivity contribution in [1.82, 2.24) is 4.98 Å². The van der Waals surface area contributed by atoms with Crippen molar-refractivity contribution in [1.29, 1.82) is 0 Å². The van der Waals surface area contributed by atoms with Gasteiger partial charge in [0.2, 0.25) is 0 Å². The van der Waals surface area contributed by atoms with Gasteiger partial charge < -0.3 is 10.5 Å². The monoisotopic (exact) mass is 328 g/mol. The molecular formula is C16H13BrN2O. The Bertz CT molecular complexity index is 758. The first-order valence-electron chi connectivity index (χ1n) is 6.26. The number of rotatable bonds is 3. The maximum atomic E-state index is 5.83. The normalized spacial score (nSPS) is 10.7. The smallest absolute Gasteiger partial charge is 0.146 e. The quantitative estimate of drug-likeness (QED) is 0.781. The topological polar surface area (TPSA) is 48.1 Å². The molecule has 0 bridgehead atoms. The van der Waals surface area contributed by atoms with Crippen LogP contribution in [0, 0.1) is 0 Å². The van der Waals surface area contributed by atoms with Crippen LogP contribution in [-0.4, -0.2) is 4.98 Å². The molecule has 20 heavy (non-hydrogen) atoms. The van der Waals surface area contributed by atoms with E-state index in [4.69, 9.17) is 10.5 Å². The molecule has 100 valence electrons. The molecule has 0 saturated carbocycles. The summed E-state index contributed by atoms with van der Waals surface area (Å²) >= 11 is 3.47. The Labute approximate surface area is 125 Å². The van der Waals surface area contributed by atoms with Crippen LogP contribution in [0.25, 0.3) is 10.8 Å². The summed E-state index contributed by atoms with van der Waals surface area (Å²) in [5.41, 5.74) is 6.55. The summed E-state index contributed by atoms with van der Waals surface area (Å²) in [7, 11) is 0. The second-order valence-electron chi connectivity index (χ2n) is 4.49. The molecule has 0 atom stereocenters. The van der Waals surface area contributed by atoms with Crippen molar-refractivity contribution in [3.63, 3.8) is 0 Å². The minimum absolute atomic E-state index is 0.454. The molecule has 0 radical (unpaired) electrons. The number of nitrogens with zero attached hydrogens (tertiary/aromatic N) is 1. The van der Waals surface area contributed by atoms with Crippen molar-refractivity contribution in [2.24, 2.45) is 5.73 Å². The lowest BCUT2D eigenvalue weighted by atomic mass is 10.1. The maximum Gasteiger partial charge on any atom is 0.146 e. The van der Waals surface area contributed by atoms with Crippen LogP contribution in [0.1, 0.15) is 5.56 Å². The Hall–Kier alpha value is -1.91. The van der Waals surface area contributed by atoms with Gasteiger partial charge in [-0.2, -0.15) is 0 Å². The first-order chi connectivity index (χ1) is 9.74. The average molecular weight is 329 g/mol. The Morgan fingerprint density at radius 2 is 1.75 bits per heavy atom. The number of nitrogens with two attached hydrogens (primary N) is 1. The van der Waals surface area contributed by atoms with E-state index < -0.39 is 0 Å². The number of fused-ring (bicyclic) bond motifs is 1. The molecule has 0 aliphatic rings. The third kappa shape index (κ3) is 2.81. The minimum atomic E-state index is 0.454. The number of ether oxygens (including phenoxy) is 1. The molecule has 4 heteroatoms. The summed E-state index contributed by atoms with van der Waals surface area (Å²) in [6.45, 7) is 0.454. The SMILES string of the molecule is NCc1cncc(Oc2ccc3cc(Br)ccc3c2)c1. The molecule has 2 aromatic carbocycles. The fourth-order valence-electron chi connectivity index (χ4n) is 2.03. The van der Waals surface area contributed by atoms with Crippen LogP contribution in [0.3, 0.4) is 0 Å². The Morgan fingerprint density at radius 3 is 2.60 bits per heavy atom. The highest BCUT2D eigenvalue weighted by Gasteiger charge is 2.01. The van der Waals surface area contributed by atoms with Gasteiger partial charge in [0.15, 0.2) is 0 Å². The molecule has 0 aliphatic heterocycles. The summed E-state index contributed by atoms with van der Waals surface area (Å²) < 4.78 is 6.90. The van der Waals surface area contributed by atoms with E-state index in [2.05, 4.69) is 33.0 Å². The number of hydrogen-bond acceptors (Lipinski definition) is 3. The van der Waals surface area contributed by atoms with Gasteiger partial charge in [0, 0.05) is 17.2 Å². The number of aromatic nitrogens is 1. The van der Waals surface area contributed by atoms with Crippen molar-refractivity contribution in [2.45, 2.75) is 6.54 Å². The van der Waals surface area contributed by atoms with Gasteiger partial charge in [0.25, 0.3) is 0 Å². The molecule has 0 amide bonds. The molecule has 1 heterocycles. The van der Waals surface area contributed by atoms with Crippen LogP contribution >= 0.6 is 15.9 Å². The van der Waals surface area contributed by atoms with E-state index in [1.165, 1.54) is 5.39 Å². The average Bonchev–Trinajstić information content (AvgIpc) is 2.47. The molecule has 3 aromatic rings. The summed E-state index contributed by atoms with van der Waals surface area (Å²) in [6.07, 6.45) is 3.43. The molecule has 3 nitrogen and oxygen atoms in total. The second-order valence-corrected chi connectivity index (χ2v) is 5.40. The van der Waals surface area contributed by atoms with Crippen LogP contribution in [-0.2, 0) is 6.54 Å². The zero-order valence-electron chi connectivity index (χ0n) is 10.7. The van der Waals surface area contributed by atoms with Crippen LogP contribution in [0.2, 0.25) is 0 Å². The van der Waals surface area contributed by atoms with Gasteiger partial charge in [-0.15, -0.1) is 0 Å². The summed E-state index contributed by atoms with van der Waals surface area (Å²) in [4.78, 5) is 4.11. The molecule has 0 unspecified atom stereocenters. The van der Waals surface area contributed by atoms with Gasteiger partial charge in [-0.05, 0) is 46.7 Å². The lowest BCUT2D eigenvalue weighted by molar-refractivity contribution is 0.480. The van der Waals surface area contributed by atoms with Crippen molar-refractivity contribution in [3.05, 3.63) is 64.9 Å². The predicted octanol–water partition coefficient (Wildman–Crippen LogP) is 4.25. The van der Waals surface area contributed by atoms with Crippen molar-refractivity contribution < 1.29 is 4.74 Å². The highest BCUT2D eigenvalue weighted by atomic mass is 79.9. The molecule has 3 rings (SSSR count). The number of benzene rings is 2. The minimum Gasteiger partial charge on any atom is -0.456 e. The van der Waals surface area contributed by atoms with Gasteiger partial charge in [-0.3, -0.25) is 4.98 Å². The third-order valence-corrected chi connectivity index (χ3v) is 3.51. The van der Waals surface area contributed by atoms with Crippen LogP contribution in [0.15, 0.2) is 59.3 Å². The van der Waals surface area contributed by atoms with Crippen molar-refractivity contribution in [3.8, 4) is 11.5 Å². The highest BCUT2D eigenvalue weighted by Crippen LogP contribution is 2.27. The standard InChI is InChI=1S/C16H13BrN2O/c17-14-3-1-13-7-15(4-2-12(13)6-14)20-16-5-11(8-18)9-19-10-16/h1-7,9-10H,8,18H2. The van der Waals surface area contributed by atoms with Crippen molar-refractivity contribution >= 4 is 26.7 Å². The fourth-order valence-corrected chi connectivity index (χ4v) is 2.40. The number of hydrogen-bond donors (Lipinski definition) is 1. The van der Waals surface area contributed by atoms with Crippen LogP contribution in [0.5, 0.6) is 11.5 Å². The van der Waals surface area contributed by atoms with E-state index in [1.807, 2.05) is 30.3 Å². The Kier molecular flexibility index (Phi) is 3.67. The zero-order chi connectivity index (χ0) is 13.9. The van der Waals surface area contributed by atoms with E-state index in [-0.39, 0.29) is 0 Å². The second kappa shape index (κ2) is 5.61. The van der Waals surface area contributed by atoms with Crippen molar-refractivity contribution in [2.75, 3.05) is 0 Å². The Morgan fingerprint density at radius 1 is 0.950 bits per heavy atom. The molecule has 0 saturated heterocycles. The van der Waals surface area contributed by atoms with Gasteiger partial charge in [-0.1, -0.05) is 28.1 Å².